The average Bonchev–Trinajstić information content (AvgIpc) is 3.04. The Kier molecular flexibility index (Phi) is 2.15. The Bertz CT molecular complexity index is 640. The molecule has 0 saturated carbocycles. The number of aryl methyl sites for hydroxylation is 1. The molecule has 1 aromatic heterocycles. The summed E-state index contributed by atoms with van der Waals surface area (Å²) >= 11 is 0. The molecule has 2 nitrogen and oxygen atoms in total. The molecule has 0 amide bonds. The number of nitrogens with zero attached hydrogens (tertiary/aromatic N) is 2. The van der Waals surface area contributed by atoms with Gasteiger partial charge in [-0.15, -0.1) is 0 Å². The van der Waals surface area contributed by atoms with Crippen LogP contribution >= 0.6 is 0 Å². The normalized spacial score (nSPS) is 24.0. The van der Waals surface area contributed by atoms with Crippen LogP contribution in [-0.4, -0.2) is 11.1 Å². The Balaban J connectivity index is 2.09. The highest BCUT2D eigenvalue weighted by atomic mass is 15.2. The molecule has 1 atom stereocenters. The fraction of sp³-hybridized carbons (Fsp3) is 0.412. The van der Waals surface area contributed by atoms with Gasteiger partial charge in [-0.2, -0.15) is 0 Å². The third-order valence-corrected chi connectivity index (χ3v) is 5.10. The van der Waals surface area contributed by atoms with Crippen LogP contribution in [0.5, 0.6) is 0 Å². The van der Waals surface area contributed by atoms with Crippen LogP contribution < -0.4 is 4.90 Å². The molecule has 3 heterocycles. The molecule has 1 unspecified atom stereocenters. The smallest absolute Gasteiger partial charge is 0.0673 e. The van der Waals surface area contributed by atoms with E-state index in [-0.39, 0.29) is 5.54 Å². The van der Waals surface area contributed by atoms with Crippen LogP contribution in [0, 0.1) is 0 Å². The third-order valence-electron chi connectivity index (χ3n) is 5.10. The molecular formula is C17H20N2. The van der Waals surface area contributed by atoms with E-state index in [9.17, 15) is 0 Å². The minimum atomic E-state index is 0.241. The minimum Gasteiger partial charge on any atom is -0.361 e. The second-order valence-corrected chi connectivity index (χ2v) is 5.85. The molecule has 2 aromatic rings. The summed E-state index contributed by atoms with van der Waals surface area (Å²) in [5.74, 6) is 0. The van der Waals surface area contributed by atoms with E-state index < -0.39 is 0 Å². The Labute approximate surface area is 114 Å². The molecule has 0 N–H and O–H groups in total. The third kappa shape index (κ3) is 1.22. The summed E-state index contributed by atoms with van der Waals surface area (Å²) in [6, 6.07) is 11.2. The molecule has 4 rings (SSSR count). The van der Waals surface area contributed by atoms with Crippen molar-refractivity contribution in [3.8, 4) is 11.3 Å². The zero-order valence-electron chi connectivity index (χ0n) is 11.7. The lowest BCUT2D eigenvalue weighted by Gasteiger charge is -2.44. The molecule has 0 bridgehead atoms. The number of hydrogen-bond donors (Lipinski definition) is 0. The number of benzene rings is 1. The van der Waals surface area contributed by atoms with Crippen LogP contribution in [0.4, 0.5) is 5.69 Å². The molecule has 1 aromatic carbocycles. The topological polar surface area (TPSA) is 8.17 Å². The van der Waals surface area contributed by atoms with Gasteiger partial charge in [0.05, 0.1) is 11.2 Å². The van der Waals surface area contributed by atoms with Gasteiger partial charge >= 0.3 is 0 Å². The van der Waals surface area contributed by atoms with Gasteiger partial charge in [-0.25, -0.2) is 0 Å². The van der Waals surface area contributed by atoms with Crippen molar-refractivity contribution in [2.45, 2.75) is 31.7 Å². The maximum absolute atomic E-state index is 2.66. The quantitative estimate of drug-likeness (QED) is 0.747. The highest BCUT2D eigenvalue weighted by Crippen LogP contribution is 2.54. The van der Waals surface area contributed by atoms with Gasteiger partial charge in [0.25, 0.3) is 0 Å². The largest absolute Gasteiger partial charge is 0.361 e. The van der Waals surface area contributed by atoms with E-state index in [0.29, 0.717) is 0 Å². The fourth-order valence-corrected chi connectivity index (χ4v) is 4.22. The molecule has 0 spiro atoms. The maximum atomic E-state index is 2.66. The molecule has 2 aliphatic heterocycles. The van der Waals surface area contributed by atoms with E-state index in [2.05, 4.69) is 60.0 Å². The van der Waals surface area contributed by atoms with Crippen LogP contribution in [0.25, 0.3) is 11.3 Å². The molecule has 1 fully saturated rings. The molecule has 19 heavy (non-hydrogen) atoms. The second-order valence-electron chi connectivity index (χ2n) is 5.85. The molecule has 2 aliphatic rings. The Morgan fingerprint density at radius 2 is 2.05 bits per heavy atom. The number of para-hydroxylation sites is 1. The standard InChI is InChI=1S/C17H20N2/c1-3-17-10-6-11-19(17)15-8-5-4-7-13(15)16-14(17)9-12-18(16)2/h4-5,7-9,12H,3,6,10-11H2,1-2H3. The molecular weight excluding hydrogens is 232 g/mol. The summed E-state index contributed by atoms with van der Waals surface area (Å²) in [6.45, 7) is 3.53. The summed E-state index contributed by atoms with van der Waals surface area (Å²) in [5, 5.41) is 0. The average molecular weight is 252 g/mol. The van der Waals surface area contributed by atoms with Gasteiger partial charge in [0.1, 0.15) is 0 Å². The number of hydrogen-bond acceptors (Lipinski definition) is 1. The summed E-state index contributed by atoms with van der Waals surface area (Å²) in [6.07, 6.45) is 6.00. The van der Waals surface area contributed by atoms with Crippen molar-refractivity contribution in [3.63, 3.8) is 0 Å². The fourth-order valence-electron chi connectivity index (χ4n) is 4.22. The van der Waals surface area contributed by atoms with E-state index in [1.807, 2.05) is 0 Å². The number of fused-ring (bicyclic) bond motifs is 6. The highest BCUT2D eigenvalue weighted by molar-refractivity contribution is 5.84. The van der Waals surface area contributed by atoms with E-state index in [0.717, 1.165) is 0 Å². The Morgan fingerprint density at radius 1 is 1.21 bits per heavy atom. The van der Waals surface area contributed by atoms with Crippen LogP contribution in [0.2, 0.25) is 0 Å². The van der Waals surface area contributed by atoms with Crippen LogP contribution in [0.15, 0.2) is 36.5 Å². The Morgan fingerprint density at radius 3 is 2.89 bits per heavy atom. The first-order valence-corrected chi connectivity index (χ1v) is 7.31. The summed E-state index contributed by atoms with van der Waals surface area (Å²) in [5.41, 5.74) is 6.03. The summed E-state index contributed by atoms with van der Waals surface area (Å²) < 4.78 is 2.29. The lowest BCUT2D eigenvalue weighted by atomic mass is 9.80. The minimum absolute atomic E-state index is 0.241. The van der Waals surface area contributed by atoms with E-state index >= 15 is 0 Å². The summed E-state index contributed by atoms with van der Waals surface area (Å²) in [4.78, 5) is 2.66. The van der Waals surface area contributed by atoms with Crippen LogP contribution in [-0.2, 0) is 12.6 Å². The van der Waals surface area contributed by atoms with Crippen molar-refractivity contribution in [2.75, 3.05) is 11.4 Å². The molecule has 2 heteroatoms. The van der Waals surface area contributed by atoms with Gasteiger partial charge in [-0.3, -0.25) is 0 Å². The van der Waals surface area contributed by atoms with Gasteiger partial charge in [0.15, 0.2) is 0 Å². The maximum Gasteiger partial charge on any atom is 0.0673 e. The second kappa shape index (κ2) is 3.66. The molecule has 98 valence electrons. The van der Waals surface area contributed by atoms with Gasteiger partial charge in [0, 0.05) is 36.6 Å². The highest BCUT2D eigenvalue weighted by Gasteiger charge is 2.46. The molecule has 1 saturated heterocycles. The number of aromatic nitrogens is 1. The van der Waals surface area contributed by atoms with Gasteiger partial charge in [-0.1, -0.05) is 25.1 Å². The number of rotatable bonds is 1. The van der Waals surface area contributed by atoms with Gasteiger partial charge in [-0.05, 0) is 31.4 Å². The van der Waals surface area contributed by atoms with E-state index in [1.165, 1.54) is 48.3 Å². The van der Waals surface area contributed by atoms with Crippen molar-refractivity contribution < 1.29 is 0 Å². The molecule has 0 radical (unpaired) electrons. The predicted molar refractivity (Wildman–Crippen MR) is 79.4 cm³/mol. The zero-order chi connectivity index (χ0) is 13.0. The van der Waals surface area contributed by atoms with Crippen molar-refractivity contribution in [1.82, 2.24) is 4.57 Å². The van der Waals surface area contributed by atoms with Crippen molar-refractivity contribution in [1.29, 1.82) is 0 Å². The predicted octanol–water partition coefficient (Wildman–Crippen LogP) is 3.91. The number of anilines is 1. The van der Waals surface area contributed by atoms with E-state index in [1.54, 1.807) is 0 Å². The monoisotopic (exact) mass is 252 g/mol. The van der Waals surface area contributed by atoms with Crippen molar-refractivity contribution >= 4 is 5.69 Å². The Hall–Kier alpha value is -1.70. The first kappa shape index (κ1) is 11.2. The first-order valence-electron chi connectivity index (χ1n) is 7.31. The SMILES string of the molecule is CCC12CCCN1c1ccccc1-c1c2ccn1C. The lowest BCUT2D eigenvalue weighted by molar-refractivity contribution is 0.424. The van der Waals surface area contributed by atoms with Crippen molar-refractivity contribution in [3.05, 3.63) is 42.1 Å². The van der Waals surface area contributed by atoms with Crippen LogP contribution in [0.1, 0.15) is 31.7 Å². The zero-order valence-corrected chi connectivity index (χ0v) is 11.7. The van der Waals surface area contributed by atoms with Gasteiger partial charge < -0.3 is 9.47 Å². The first-order chi connectivity index (χ1) is 9.28. The van der Waals surface area contributed by atoms with E-state index in [4.69, 9.17) is 0 Å². The summed E-state index contributed by atoms with van der Waals surface area (Å²) in [7, 11) is 2.17. The molecule has 0 aliphatic carbocycles. The van der Waals surface area contributed by atoms with Crippen LogP contribution in [0.3, 0.4) is 0 Å². The lowest BCUT2D eigenvalue weighted by Crippen LogP contribution is -2.43. The van der Waals surface area contributed by atoms with Gasteiger partial charge in [0.2, 0.25) is 0 Å². The van der Waals surface area contributed by atoms with Crippen molar-refractivity contribution in [2.24, 2.45) is 7.05 Å².